The molecule has 25 heavy (non-hydrogen) atoms. The Bertz CT molecular complexity index is 684. The van der Waals surface area contributed by atoms with E-state index in [2.05, 4.69) is 80.6 Å². The van der Waals surface area contributed by atoms with Gasteiger partial charge in [0.1, 0.15) is 0 Å². The number of nitrogens with one attached hydrogen (secondary N) is 1. The largest absolute Gasteiger partial charge is 0.354 e. The Hall–Kier alpha value is -0.650. The third-order valence-electron chi connectivity index (χ3n) is 3.78. The van der Waals surface area contributed by atoms with Crippen LogP contribution in [0.1, 0.15) is 16.5 Å². The Morgan fingerprint density at radius 3 is 2.60 bits per heavy atom. The third kappa shape index (κ3) is 6.54. The summed E-state index contributed by atoms with van der Waals surface area (Å²) in [5, 5.41) is 7.75. The normalized spacial score (nSPS) is 12.8. The van der Waals surface area contributed by atoms with Gasteiger partial charge in [0, 0.05) is 44.3 Å². The summed E-state index contributed by atoms with van der Waals surface area (Å²) in [6.07, 6.45) is 3.98. The van der Waals surface area contributed by atoms with Crippen LogP contribution in [-0.4, -0.2) is 60.3 Å². The van der Waals surface area contributed by atoms with Gasteiger partial charge >= 0.3 is 0 Å². The van der Waals surface area contributed by atoms with Gasteiger partial charge in [-0.3, -0.25) is 9.67 Å². The predicted molar refractivity (Wildman–Crippen MR) is 120 cm³/mol. The van der Waals surface area contributed by atoms with Gasteiger partial charge in [-0.05, 0) is 42.2 Å². The Kier molecular flexibility index (Phi) is 9.39. The van der Waals surface area contributed by atoms with Crippen LogP contribution in [0.2, 0.25) is 0 Å². The van der Waals surface area contributed by atoms with Crippen molar-refractivity contribution in [3.8, 4) is 0 Å². The molecule has 0 amide bonds. The monoisotopic (exact) mass is 540 g/mol. The molecule has 0 aromatic carbocycles. The van der Waals surface area contributed by atoms with Crippen molar-refractivity contribution in [3.63, 3.8) is 0 Å². The number of halogens is 2. The van der Waals surface area contributed by atoms with Crippen LogP contribution in [0.5, 0.6) is 0 Å². The molecule has 1 atom stereocenters. The minimum absolute atomic E-state index is 0. The topological polar surface area (TPSA) is 48.7 Å². The summed E-state index contributed by atoms with van der Waals surface area (Å²) in [6, 6.07) is 4.45. The quantitative estimate of drug-likeness (QED) is 0.347. The van der Waals surface area contributed by atoms with E-state index in [0.717, 1.165) is 22.8 Å². The van der Waals surface area contributed by atoms with Gasteiger partial charge in [0.05, 0.1) is 22.6 Å². The Labute approximate surface area is 179 Å². The Morgan fingerprint density at radius 2 is 2.12 bits per heavy atom. The smallest absolute Gasteiger partial charge is 0.193 e. The third-order valence-corrected chi connectivity index (χ3v) is 5.39. The molecule has 9 heteroatoms. The first-order valence-electron chi connectivity index (χ1n) is 7.71. The molecule has 6 nitrogen and oxygen atoms in total. The first kappa shape index (κ1) is 22.4. The minimum Gasteiger partial charge on any atom is -0.354 e. The van der Waals surface area contributed by atoms with Gasteiger partial charge in [-0.2, -0.15) is 5.10 Å². The van der Waals surface area contributed by atoms with Crippen LogP contribution in [0, 0.1) is 0 Å². The van der Waals surface area contributed by atoms with E-state index in [1.165, 1.54) is 10.4 Å². The first-order chi connectivity index (χ1) is 11.4. The molecule has 0 bridgehead atoms. The van der Waals surface area contributed by atoms with E-state index in [9.17, 15) is 0 Å². The minimum atomic E-state index is 0. The molecule has 2 aromatic heterocycles. The van der Waals surface area contributed by atoms with Crippen LogP contribution in [0.15, 0.2) is 33.3 Å². The highest BCUT2D eigenvalue weighted by molar-refractivity contribution is 14.0. The van der Waals surface area contributed by atoms with Crippen LogP contribution in [0.3, 0.4) is 0 Å². The SMILES string of the molecule is CN=C(NCC(c1cnn(C)c1)N(C)C)N(C)Cc1ccc(Br)s1.I. The highest BCUT2D eigenvalue weighted by Gasteiger charge is 2.17. The number of hydrogen-bond acceptors (Lipinski definition) is 4. The molecule has 0 saturated carbocycles. The van der Waals surface area contributed by atoms with Crippen LogP contribution in [0.25, 0.3) is 0 Å². The van der Waals surface area contributed by atoms with Gasteiger partial charge in [0.2, 0.25) is 0 Å². The molecule has 1 N–H and O–H groups in total. The molecular weight excluding hydrogens is 515 g/mol. The molecule has 0 radical (unpaired) electrons. The number of aliphatic imine (C=N–C) groups is 1. The second-order valence-electron chi connectivity index (χ2n) is 5.92. The molecule has 2 aromatic rings. The standard InChI is InChI=1S/C16H25BrN6S.HI/c1-18-16(22(4)11-13-6-7-15(17)24-13)19-9-14(21(2)3)12-8-20-23(5)10-12;/h6-8,10,14H,9,11H2,1-5H3,(H,18,19);1H. The number of likely N-dealkylation sites (N-methyl/N-ethyl adjacent to an activating group) is 1. The summed E-state index contributed by atoms with van der Waals surface area (Å²) in [4.78, 5) is 10.0. The summed E-state index contributed by atoms with van der Waals surface area (Å²) in [5.74, 6) is 0.885. The fraction of sp³-hybridized carbons (Fsp3) is 0.500. The Morgan fingerprint density at radius 1 is 1.40 bits per heavy atom. The second kappa shape index (κ2) is 10.5. The predicted octanol–water partition coefficient (Wildman–Crippen LogP) is 3.17. The van der Waals surface area contributed by atoms with E-state index in [4.69, 9.17) is 0 Å². The summed E-state index contributed by atoms with van der Waals surface area (Å²) in [7, 11) is 9.97. The lowest BCUT2D eigenvalue weighted by Crippen LogP contribution is -2.42. The van der Waals surface area contributed by atoms with Gasteiger partial charge in [-0.1, -0.05) is 0 Å². The molecule has 1 unspecified atom stereocenters. The average molecular weight is 541 g/mol. The number of guanidine groups is 1. The van der Waals surface area contributed by atoms with Crippen molar-refractivity contribution in [2.24, 2.45) is 12.0 Å². The molecule has 2 heterocycles. The van der Waals surface area contributed by atoms with Gasteiger partial charge in [-0.15, -0.1) is 35.3 Å². The lowest BCUT2D eigenvalue weighted by molar-refractivity contribution is 0.295. The maximum atomic E-state index is 4.41. The van der Waals surface area contributed by atoms with Crippen molar-refractivity contribution in [1.82, 2.24) is 24.9 Å². The van der Waals surface area contributed by atoms with Crippen molar-refractivity contribution in [3.05, 3.63) is 38.8 Å². The summed E-state index contributed by atoms with van der Waals surface area (Å²) >= 11 is 5.26. The summed E-state index contributed by atoms with van der Waals surface area (Å²) in [6.45, 7) is 1.60. The molecule has 0 saturated heterocycles. The number of thiophene rings is 1. The van der Waals surface area contributed by atoms with Crippen LogP contribution < -0.4 is 5.32 Å². The van der Waals surface area contributed by atoms with Crippen molar-refractivity contribution >= 4 is 57.2 Å². The van der Waals surface area contributed by atoms with Gasteiger partial charge in [-0.25, -0.2) is 0 Å². The first-order valence-corrected chi connectivity index (χ1v) is 9.32. The van der Waals surface area contributed by atoms with Gasteiger partial charge < -0.3 is 15.1 Å². The Balaban J connectivity index is 0.00000312. The van der Waals surface area contributed by atoms with Gasteiger partial charge in [0.15, 0.2) is 5.96 Å². The molecule has 0 spiro atoms. The maximum absolute atomic E-state index is 4.41. The van der Waals surface area contributed by atoms with E-state index >= 15 is 0 Å². The zero-order valence-corrected chi connectivity index (χ0v) is 20.0. The molecule has 0 aliphatic carbocycles. The lowest BCUT2D eigenvalue weighted by atomic mass is 10.1. The number of aryl methyl sites for hydroxylation is 1. The number of nitrogens with zero attached hydrogens (tertiary/aromatic N) is 5. The fourth-order valence-corrected chi connectivity index (χ4v) is 4.07. The molecule has 0 fully saturated rings. The number of rotatable bonds is 6. The van der Waals surface area contributed by atoms with E-state index in [0.29, 0.717) is 0 Å². The zero-order chi connectivity index (χ0) is 17.7. The van der Waals surface area contributed by atoms with Crippen LogP contribution in [-0.2, 0) is 13.6 Å². The van der Waals surface area contributed by atoms with Crippen LogP contribution in [0.4, 0.5) is 0 Å². The molecule has 140 valence electrons. The number of hydrogen-bond donors (Lipinski definition) is 1. The number of aromatic nitrogens is 2. The van der Waals surface area contributed by atoms with E-state index in [1.54, 1.807) is 11.3 Å². The van der Waals surface area contributed by atoms with E-state index < -0.39 is 0 Å². The molecule has 0 aliphatic rings. The van der Waals surface area contributed by atoms with E-state index in [-0.39, 0.29) is 30.0 Å². The zero-order valence-electron chi connectivity index (χ0n) is 15.2. The summed E-state index contributed by atoms with van der Waals surface area (Å²) < 4.78 is 2.99. The molecule has 0 aliphatic heterocycles. The lowest BCUT2D eigenvalue weighted by Gasteiger charge is -2.27. The summed E-state index contributed by atoms with van der Waals surface area (Å²) in [5.41, 5.74) is 1.19. The van der Waals surface area contributed by atoms with Crippen molar-refractivity contribution in [1.29, 1.82) is 0 Å². The molecular formula is C16H26BrIN6S. The van der Waals surface area contributed by atoms with Crippen LogP contribution >= 0.6 is 51.2 Å². The molecule has 2 rings (SSSR count). The van der Waals surface area contributed by atoms with Crippen molar-refractivity contribution < 1.29 is 0 Å². The van der Waals surface area contributed by atoms with E-state index in [1.807, 2.05) is 25.0 Å². The van der Waals surface area contributed by atoms with Crippen molar-refractivity contribution in [2.75, 3.05) is 34.7 Å². The highest BCUT2D eigenvalue weighted by atomic mass is 127. The maximum Gasteiger partial charge on any atom is 0.193 e. The fourth-order valence-electron chi connectivity index (χ4n) is 2.53. The average Bonchev–Trinajstić information content (AvgIpc) is 3.12. The second-order valence-corrected chi connectivity index (χ2v) is 8.46. The highest BCUT2D eigenvalue weighted by Crippen LogP contribution is 2.23. The van der Waals surface area contributed by atoms with Gasteiger partial charge in [0.25, 0.3) is 0 Å². The van der Waals surface area contributed by atoms with Crippen molar-refractivity contribution in [2.45, 2.75) is 12.6 Å².